The van der Waals surface area contributed by atoms with Crippen LogP contribution in [-0.4, -0.2) is 95.1 Å². The van der Waals surface area contributed by atoms with Crippen LogP contribution in [0.1, 0.15) is 18.4 Å². The molecule has 1 unspecified atom stereocenters. The van der Waals surface area contributed by atoms with E-state index in [1.807, 2.05) is 7.05 Å². The van der Waals surface area contributed by atoms with Crippen molar-refractivity contribution in [3.8, 4) is 0 Å². The number of nitrogens with one attached hydrogen (secondary N) is 2. The molecule has 2 saturated heterocycles. The van der Waals surface area contributed by atoms with Crippen molar-refractivity contribution in [2.45, 2.75) is 25.3 Å². The second-order valence-corrected chi connectivity index (χ2v) is 9.70. The maximum absolute atomic E-state index is 14.4. The number of rotatable bonds is 7. The van der Waals surface area contributed by atoms with E-state index in [2.05, 4.69) is 25.5 Å². The van der Waals surface area contributed by atoms with Crippen LogP contribution in [0, 0.1) is 11.7 Å². The summed E-state index contributed by atoms with van der Waals surface area (Å²) in [5.41, 5.74) is 6.84. The summed E-state index contributed by atoms with van der Waals surface area (Å²) >= 11 is 0. The quantitative estimate of drug-likeness (QED) is 0.412. The Balaban J connectivity index is 1.33. The Morgan fingerprint density at radius 3 is 2.53 bits per heavy atom. The van der Waals surface area contributed by atoms with Crippen LogP contribution in [0.15, 0.2) is 30.6 Å². The number of nitrogens with zero attached hydrogens (tertiary/aromatic N) is 5. The zero-order valence-corrected chi connectivity index (χ0v) is 21.3. The summed E-state index contributed by atoms with van der Waals surface area (Å²) in [6.07, 6.45) is 2.39. The van der Waals surface area contributed by atoms with Crippen LogP contribution in [0.4, 0.5) is 26.5 Å². The van der Waals surface area contributed by atoms with Crippen molar-refractivity contribution in [2.75, 3.05) is 62.3 Å². The Bertz CT molecular complexity index is 1160. The Kier molecular flexibility index (Phi) is 8.56. The summed E-state index contributed by atoms with van der Waals surface area (Å²) in [5.74, 6) is -3.08. The third-order valence-corrected chi connectivity index (χ3v) is 6.94. The number of nitrogen functional groups attached to an aromatic ring is 1. The fourth-order valence-electron chi connectivity index (χ4n) is 4.64. The number of aliphatic carboxylic acids is 1. The zero-order chi connectivity index (χ0) is 27.2. The van der Waals surface area contributed by atoms with Crippen molar-refractivity contribution in [3.05, 3.63) is 42.0 Å². The monoisotopic (exact) mass is 528 g/mol. The number of carbonyl (C=O) groups excluding carboxylic acids is 2. The second-order valence-electron chi connectivity index (χ2n) is 9.70. The van der Waals surface area contributed by atoms with E-state index in [0.29, 0.717) is 43.7 Å². The van der Waals surface area contributed by atoms with Gasteiger partial charge >= 0.3 is 12.0 Å². The van der Waals surface area contributed by atoms with E-state index in [1.165, 1.54) is 6.33 Å². The van der Waals surface area contributed by atoms with Gasteiger partial charge in [-0.15, -0.1) is 0 Å². The van der Waals surface area contributed by atoms with E-state index < -0.39 is 29.7 Å². The van der Waals surface area contributed by atoms with E-state index >= 15 is 0 Å². The standard InChI is InChI=1S/C25H33FN8O4/c1-32-9-11-33(12-10-32)25(38)30-18-6-4-16(5-7-18)13-19(24(36)37)31-23(35)17-3-2-8-34(14-17)22-20(26)21(27)28-15-29-22/h4-7,15,17,19H,2-3,8-14H2,1H3,(H,30,38)(H,31,35)(H,36,37)(H2,27,28,29)/t17?,19-/m0/s1. The van der Waals surface area contributed by atoms with Gasteiger partial charge < -0.3 is 36.2 Å². The first-order valence-corrected chi connectivity index (χ1v) is 12.6. The molecule has 0 radical (unpaired) electrons. The molecule has 0 bridgehead atoms. The number of benzene rings is 1. The molecule has 3 amide bonds. The molecule has 4 rings (SSSR count). The van der Waals surface area contributed by atoms with Crippen LogP contribution in [0.3, 0.4) is 0 Å². The maximum Gasteiger partial charge on any atom is 0.326 e. The van der Waals surface area contributed by atoms with Crippen molar-refractivity contribution in [2.24, 2.45) is 5.92 Å². The molecule has 3 heterocycles. The lowest BCUT2D eigenvalue weighted by Gasteiger charge is -2.33. The fraction of sp³-hybridized carbons (Fsp3) is 0.480. The van der Waals surface area contributed by atoms with Crippen LogP contribution in [0.25, 0.3) is 0 Å². The normalized spacial score (nSPS) is 19.1. The van der Waals surface area contributed by atoms with Crippen molar-refractivity contribution in [1.82, 2.24) is 25.1 Å². The summed E-state index contributed by atoms with van der Waals surface area (Å²) in [6.45, 7) is 3.63. The van der Waals surface area contributed by atoms with Crippen molar-refractivity contribution < 1.29 is 23.9 Å². The lowest BCUT2D eigenvalue weighted by atomic mass is 9.96. The van der Waals surface area contributed by atoms with E-state index in [9.17, 15) is 23.9 Å². The van der Waals surface area contributed by atoms with Crippen LogP contribution in [0.5, 0.6) is 0 Å². The number of hydrogen-bond donors (Lipinski definition) is 4. The largest absolute Gasteiger partial charge is 0.480 e. The number of anilines is 3. The second kappa shape index (κ2) is 12.0. The van der Waals surface area contributed by atoms with Gasteiger partial charge in [0.15, 0.2) is 11.6 Å². The molecule has 2 aliphatic rings. The Hall–Kier alpha value is -4.00. The number of nitrogens with two attached hydrogens (primary N) is 1. The first kappa shape index (κ1) is 27.0. The molecule has 0 spiro atoms. The van der Waals surface area contributed by atoms with Gasteiger partial charge in [-0.2, -0.15) is 4.39 Å². The molecule has 1 aromatic carbocycles. The number of urea groups is 1. The molecule has 2 aromatic rings. The van der Waals surface area contributed by atoms with Crippen molar-refractivity contribution >= 4 is 35.2 Å². The van der Waals surface area contributed by atoms with E-state index in [0.717, 1.165) is 13.1 Å². The smallest absolute Gasteiger partial charge is 0.326 e. The summed E-state index contributed by atoms with van der Waals surface area (Å²) < 4.78 is 14.4. The third-order valence-electron chi connectivity index (χ3n) is 6.94. The molecule has 0 saturated carbocycles. The zero-order valence-electron chi connectivity index (χ0n) is 21.3. The third kappa shape index (κ3) is 6.65. The number of hydrogen-bond acceptors (Lipinski definition) is 8. The SMILES string of the molecule is CN1CCN(C(=O)Nc2ccc(C[C@H](NC(=O)C3CCCN(c4ncnc(N)c4F)C3)C(=O)O)cc2)CC1. The van der Waals surface area contributed by atoms with Gasteiger partial charge in [-0.05, 0) is 37.6 Å². The molecule has 13 heteroatoms. The maximum atomic E-state index is 14.4. The molecule has 38 heavy (non-hydrogen) atoms. The molecule has 1 aromatic heterocycles. The van der Waals surface area contributed by atoms with Gasteiger partial charge in [0.05, 0.1) is 5.92 Å². The van der Waals surface area contributed by atoms with Crippen LogP contribution in [0.2, 0.25) is 0 Å². The van der Waals surface area contributed by atoms with E-state index in [1.54, 1.807) is 34.1 Å². The lowest BCUT2D eigenvalue weighted by Crippen LogP contribution is -2.49. The molecule has 5 N–H and O–H groups in total. The summed E-state index contributed by atoms with van der Waals surface area (Å²) in [6, 6.07) is 5.57. The predicted octanol–water partition coefficient (Wildman–Crippen LogP) is 1.01. The number of likely N-dealkylation sites (N-methyl/N-ethyl adjacent to an activating group) is 1. The number of aromatic nitrogens is 2. The molecular formula is C25H33FN8O4. The molecule has 204 valence electrons. The van der Waals surface area contributed by atoms with Crippen LogP contribution < -0.4 is 21.3 Å². The summed E-state index contributed by atoms with van der Waals surface area (Å²) in [5, 5.41) is 15.2. The Labute approximate surface area is 220 Å². The molecule has 2 atom stereocenters. The van der Waals surface area contributed by atoms with Gasteiger partial charge in [-0.3, -0.25) is 4.79 Å². The molecule has 12 nitrogen and oxygen atoms in total. The average Bonchev–Trinajstić information content (AvgIpc) is 2.91. The number of carboxylic acid groups (broad SMARTS) is 1. The molecule has 2 fully saturated rings. The number of carboxylic acids is 1. The average molecular weight is 529 g/mol. The number of carbonyl (C=O) groups is 3. The topological polar surface area (TPSA) is 157 Å². The van der Waals surface area contributed by atoms with Gasteiger partial charge in [0, 0.05) is 51.4 Å². The number of piperidine rings is 1. The molecular weight excluding hydrogens is 495 g/mol. The van der Waals surface area contributed by atoms with Gasteiger partial charge in [-0.25, -0.2) is 19.6 Å². The van der Waals surface area contributed by atoms with Gasteiger partial charge in [0.25, 0.3) is 0 Å². The van der Waals surface area contributed by atoms with Gasteiger partial charge in [0.1, 0.15) is 12.4 Å². The minimum absolute atomic E-state index is 0.0320. The number of halogens is 1. The van der Waals surface area contributed by atoms with Crippen LogP contribution in [-0.2, 0) is 16.0 Å². The highest BCUT2D eigenvalue weighted by Gasteiger charge is 2.31. The highest BCUT2D eigenvalue weighted by atomic mass is 19.1. The molecule has 2 aliphatic heterocycles. The predicted molar refractivity (Wildman–Crippen MR) is 139 cm³/mol. The van der Waals surface area contributed by atoms with Crippen molar-refractivity contribution in [3.63, 3.8) is 0 Å². The minimum Gasteiger partial charge on any atom is -0.480 e. The Morgan fingerprint density at radius 1 is 1.13 bits per heavy atom. The summed E-state index contributed by atoms with van der Waals surface area (Å²) in [7, 11) is 2.02. The minimum atomic E-state index is -1.16. The lowest BCUT2D eigenvalue weighted by molar-refractivity contribution is -0.142. The summed E-state index contributed by atoms with van der Waals surface area (Å²) in [4.78, 5) is 50.5. The number of piperazine rings is 1. The highest BCUT2D eigenvalue weighted by Crippen LogP contribution is 2.25. The molecule has 0 aliphatic carbocycles. The van der Waals surface area contributed by atoms with E-state index in [-0.39, 0.29) is 30.6 Å². The van der Waals surface area contributed by atoms with Crippen molar-refractivity contribution in [1.29, 1.82) is 0 Å². The van der Waals surface area contributed by atoms with Crippen LogP contribution >= 0.6 is 0 Å². The van der Waals surface area contributed by atoms with E-state index in [4.69, 9.17) is 5.73 Å². The van der Waals surface area contributed by atoms with Gasteiger partial charge in [-0.1, -0.05) is 12.1 Å². The number of amides is 3. The Morgan fingerprint density at radius 2 is 1.84 bits per heavy atom. The fourth-order valence-corrected chi connectivity index (χ4v) is 4.64. The first-order chi connectivity index (χ1) is 18.2. The highest BCUT2D eigenvalue weighted by molar-refractivity contribution is 5.89. The first-order valence-electron chi connectivity index (χ1n) is 12.6. The van der Waals surface area contributed by atoms with Gasteiger partial charge in [0.2, 0.25) is 11.7 Å².